The second-order valence-electron chi connectivity index (χ2n) is 4.69. The highest BCUT2D eigenvalue weighted by Gasteiger charge is 2.03. The lowest BCUT2D eigenvalue weighted by Gasteiger charge is -2.06. The largest absolute Gasteiger partial charge is 0.504 e. The summed E-state index contributed by atoms with van der Waals surface area (Å²) in [7, 11) is 3.04. The third-order valence-electron chi connectivity index (χ3n) is 3.04. The third-order valence-corrected chi connectivity index (χ3v) is 3.04. The molecule has 24 heavy (non-hydrogen) atoms. The minimum absolute atomic E-state index is 0.00406. The molecule has 2 rings (SSSR count). The predicted octanol–water partition coefficient (Wildman–Crippen LogP) is 1.94. The molecule has 2 aromatic rings. The fraction of sp³-hybridized carbons (Fsp3) is 0.176. The summed E-state index contributed by atoms with van der Waals surface area (Å²) < 4.78 is 15.3. The maximum Gasteiger partial charge on any atom is 0.277 e. The number of phenols is 1. The maximum absolute atomic E-state index is 11.7. The van der Waals surface area contributed by atoms with Gasteiger partial charge in [0.2, 0.25) is 0 Å². The quantitative estimate of drug-likeness (QED) is 0.598. The van der Waals surface area contributed by atoms with Crippen molar-refractivity contribution in [1.82, 2.24) is 5.43 Å². The molecule has 0 fully saturated rings. The van der Waals surface area contributed by atoms with Gasteiger partial charge in [-0.05, 0) is 48.0 Å². The lowest BCUT2D eigenvalue weighted by molar-refractivity contribution is -0.123. The zero-order chi connectivity index (χ0) is 17.4. The minimum Gasteiger partial charge on any atom is -0.504 e. The number of nitrogens with one attached hydrogen (secondary N) is 1. The Hall–Kier alpha value is -3.22. The molecule has 0 spiro atoms. The monoisotopic (exact) mass is 330 g/mol. The van der Waals surface area contributed by atoms with Crippen LogP contribution in [0.4, 0.5) is 0 Å². The highest BCUT2D eigenvalue weighted by Crippen LogP contribution is 2.25. The van der Waals surface area contributed by atoms with Crippen molar-refractivity contribution in [2.75, 3.05) is 20.8 Å². The van der Waals surface area contributed by atoms with Crippen molar-refractivity contribution >= 4 is 12.1 Å². The average Bonchev–Trinajstić information content (AvgIpc) is 2.60. The molecule has 0 aliphatic heterocycles. The molecule has 0 saturated heterocycles. The molecule has 0 saturated carbocycles. The summed E-state index contributed by atoms with van der Waals surface area (Å²) in [5, 5.41) is 13.4. The van der Waals surface area contributed by atoms with Crippen LogP contribution in [-0.4, -0.2) is 38.1 Å². The Morgan fingerprint density at radius 1 is 1.12 bits per heavy atom. The number of ether oxygens (including phenoxy) is 3. The van der Waals surface area contributed by atoms with Crippen molar-refractivity contribution in [2.45, 2.75) is 0 Å². The Labute approximate surface area is 139 Å². The summed E-state index contributed by atoms with van der Waals surface area (Å²) in [6.07, 6.45) is 1.41. The lowest BCUT2D eigenvalue weighted by Crippen LogP contribution is -2.24. The molecule has 2 N–H and O–H groups in total. The number of nitrogens with zero attached hydrogens (tertiary/aromatic N) is 1. The van der Waals surface area contributed by atoms with Gasteiger partial charge in [-0.2, -0.15) is 5.10 Å². The molecule has 0 heterocycles. The number of benzene rings is 2. The van der Waals surface area contributed by atoms with Crippen LogP contribution in [0.2, 0.25) is 0 Å². The van der Waals surface area contributed by atoms with E-state index >= 15 is 0 Å². The number of aromatic hydroxyl groups is 1. The van der Waals surface area contributed by atoms with Crippen LogP contribution in [0.3, 0.4) is 0 Å². The average molecular weight is 330 g/mol. The molecule has 1 amide bonds. The normalized spacial score (nSPS) is 10.4. The number of rotatable bonds is 7. The van der Waals surface area contributed by atoms with E-state index in [9.17, 15) is 9.90 Å². The van der Waals surface area contributed by atoms with E-state index in [4.69, 9.17) is 14.2 Å². The van der Waals surface area contributed by atoms with Crippen LogP contribution in [0.5, 0.6) is 23.0 Å². The van der Waals surface area contributed by atoms with E-state index in [1.807, 2.05) is 0 Å². The molecule has 0 radical (unpaired) electrons. The summed E-state index contributed by atoms with van der Waals surface area (Å²) in [5.74, 6) is 1.22. The number of amides is 1. The Bertz CT molecular complexity index is 713. The van der Waals surface area contributed by atoms with Crippen LogP contribution in [0.25, 0.3) is 0 Å². The number of hydrogen-bond donors (Lipinski definition) is 2. The smallest absolute Gasteiger partial charge is 0.277 e. The van der Waals surface area contributed by atoms with Gasteiger partial charge in [0.1, 0.15) is 11.5 Å². The van der Waals surface area contributed by atoms with E-state index in [2.05, 4.69) is 10.5 Å². The molecule has 0 aliphatic carbocycles. The van der Waals surface area contributed by atoms with Crippen LogP contribution < -0.4 is 19.6 Å². The van der Waals surface area contributed by atoms with Crippen molar-refractivity contribution in [3.05, 3.63) is 48.0 Å². The van der Waals surface area contributed by atoms with Crippen LogP contribution >= 0.6 is 0 Å². The van der Waals surface area contributed by atoms with Gasteiger partial charge in [0, 0.05) is 0 Å². The second kappa shape index (κ2) is 8.42. The van der Waals surface area contributed by atoms with E-state index in [0.29, 0.717) is 22.8 Å². The maximum atomic E-state index is 11.7. The van der Waals surface area contributed by atoms with Crippen molar-refractivity contribution in [3.63, 3.8) is 0 Å². The molecule has 0 unspecified atom stereocenters. The Morgan fingerprint density at radius 2 is 1.83 bits per heavy atom. The first-order valence-corrected chi connectivity index (χ1v) is 7.08. The standard InChI is InChI=1S/C17H18N2O5/c1-22-13-4-6-14(7-5-13)24-11-17(21)19-18-10-12-3-8-16(23-2)15(20)9-12/h3-10,20H,11H2,1-2H3,(H,19,21)/b18-10-. The van der Waals surface area contributed by atoms with Crippen LogP contribution in [0.15, 0.2) is 47.6 Å². The Balaban J connectivity index is 1.80. The van der Waals surface area contributed by atoms with Crippen molar-refractivity contribution in [1.29, 1.82) is 0 Å². The van der Waals surface area contributed by atoms with Gasteiger partial charge in [0.25, 0.3) is 5.91 Å². The number of hydrogen-bond acceptors (Lipinski definition) is 6. The van der Waals surface area contributed by atoms with E-state index in [1.165, 1.54) is 19.4 Å². The fourth-order valence-electron chi connectivity index (χ4n) is 1.82. The number of carbonyl (C=O) groups excluding carboxylic acids is 1. The van der Waals surface area contributed by atoms with Gasteiger partial charge in [-0.25, -0.2) is 5.43 Å². The van der Waals surface area contributed by atoms with Gasteiger partial charge < -0.3 is 19.3 Å². The van der Waals surface area contributed by atoms with Crippen LogP contribution in [-0.2, 0) is 4.79 Å². The van der Waals surface area contributed by atoms with Crippen molar-refractivity contribution in [3.8, 4) is 23.0 Å². The third kappa shape index (κ3) is 4.91. The van der Waals surface area contributed by atoms with Gasteiger partial charge in [-0.3, -0.25) is 4.79 Å². The second-order valence-corrected chi connectivity index (χ2v) is 4.69. The van der Waals surface area contributed by atoms with Gasteiger partial charge in [0.15, 0.2) is 18.1 Å². The predicted molar refractivity (Wildman–Crippen MR) is 88.9 cm³/mol. The first-order chi connectivity index (χ1) is 11.6. The topological polar surface area (TPSA) is 89.4 Å². The molecule has 0 atom stereocenters. The molecule has 7 nitrogen and oxygen atoms in total. The lowest BCUT2D eigenvalue weighted by atomic mass is 10.2. The van der Waals surface area contributed by atoms with Gasteiger partial charge in [0.05, 0.1) is 20.4 Å². The van der Waals surface area contributed by atoms with E-state index in [0.717, 1.165) is 0 Å². The molecule has 2 aromatic carbocycles. The summed E-state index contributed by atoms with van der Waals surface area (Å²) in [5.41, 5.74) is 2.96. The number of methoxy groups -OCH3 is 2. The van der Waals surface area contributed by atoms with Gasteiger partial charge in [-0.15, -0.1) is 0 Å². The molecule has 0 aromatic heterocycles. The first-order valence-electron chi connectivity index (χ1n) is 7.08. The van der Waals surface area contributed by atoms with Crippen molar-refractivity contribution < 1.29 is 24.1 Å². The number of hydrazone groups is 1. The highest BCUT2D eigenvalue weighted by molar-refractivity contribution is 5.83. The van der Waals surface area contributed by atoms with E-state index < -0.39 is 5.91 Å². The molecular weight excluding hydrogens is 312 g/mol. The molecule has 0 aliphatic rings. The molecule has 0 bridgehead atoms. The Morgan fingerprint density at radius 3 is 2.46 bits per heavy atom. The van der Waals surface area contributed by atoms with Crippen molar-refractivity contribution in [2.24, 2.45) is 5.10 Å². The summed E-state index contributed by atoms with van der Waals surface area (Å²) in [6, 6.07) is 11.7. The number of carbonyl (C=O) groups is 1. The fourth-order valence-corrected chi connectivity index (χ4v) is 1.82. The van der Waals surface area contributed by atoms with Gasteiger partial charge in [-0.1, -0.05) is 0 Å². The molecule has 7 heteroatoms. The van der Waals surface area contributed by atoms with Crippen LogP contribution in [0.1, 0.15) is 5.56 Å². The summed E-state index contributed by atoms with van der Waals surface area (Å²) in [6.45, 7) is -0.169. The first kappa shape index (κ1) is 17.1. The van der Waals surface area contributed by atoms with Crippen LogP contribution in [0, 0.1) is 0 Å². The molecular formula is C17H18N2O5. The Kier molecular flexibility index (Phi) is 6.01. The minimum atomic E-state index is -0.403. The van der Waals surface area contributed by atoms with E-state index in [-0.39, 0.29) is 12.4 Å². The number of phenolic OH excluding ortho intramolecular Hbond substituents is 1. The molecule has 126 valence electrons. The zero-order valence-corrected chi connectivity index (χ0v) is 13.4. The summed E-state index contributed by atoms with van der Waals surface area (Å²) >= 11 is 0. The highest BCUT2D eigenvalue weighted by atomic mass is 16.5. The van der Waals surface area contributed by atoms with Gasteiger partial charge >= 0.3 is 0 Å². The van der Waals surface area contributed by atoms with E-state index in [1.54, 1.807) is 43.5 Å². The SMILES string of the molecule is COc1ccc(OCC(=O)N/N=C\c2ccc(OC)c(O)c2)cc1. The zero-order valence-electron chi connectivity index (χ0n) is 13.4. The summed E-state index contributed by atoms with van der Waals surface area (Å²) in [4.78, 5) is 11.7.